The molecule has 2 heterocycles. The molecule has 0 N–H and O–H groups in total. The van der Waals surface area contributed by atoms with Crippen LogP contribution >= 0.6 is 0 Å². The third-order valence-corrected chi connectivity index (χ3v) is 5.09. The van der Waals surface area contributed by atoms with E-state index in [2.05, 4.69) is 44.0 Å². The summed E-state index contributed by atoms with van der Waals surface area (Å²) in [6.07, 6.45) is 3.48. The molecule has 0 fully saturated rings. The molecule has 0 aliphatic heterocycles. The minimum absolute atomic E-state index is 0. The van der Waals surface area contributed by atoms with Gasteiger partial charge in [0.2, 0.25) is 0 Å². The molecule has 0 saturated heterocycles. The van der Waals surface area contributed by atoms with E-state index in [-0.39, 0.29) is 21.1 Å². The number of hydrogen-bond acceptors (Lipinski definition) is 6. The van der Waals surface area contributed by atoms with Crippen LogP contribution < -0.4 is 19.3 Å². The van der Waals surface area contributed by atoms with Gasteiger partial charge in [-0.1, -0.05) is 0 Å². The topological polar surface area (TPSA) is 50.7 Å². The van der Waals surface area contributed by atoms with E-state index in [9.17, 15) is 0 Å². The summed E-state index contributed by atoms with van der Waals surface area (Å²) >= 11 is 0. The predicted molar refractivity (Wildman–Crippen MR) is 139 cm³/mol. The fourth-order valence-corrected chi connectivity index (χ4v) is 3.13. The summed E-state index contributed by atoms with van der Waals surface area (Å²) in [5.74, 6) is 1.61. The van der Waals surface area contributed by atoms with E-state index in [0.717, 1.165) is 45.4 Å². The molecule has 35 heavy (non-hydrogen) atoms. The normalized spacial score (nSPS) is 9.77. The maximum absolute atomic E-state index is 5.19. The molecule has 0 saturated carbocycles. The van der Waals surface area contributed by atoms with Crippen molar-refractivity contribution in [1.82, 2.24) is 9.97 Å². The van der Waals surface area contributed by atoms with Gasteiger partial charge >= 0.3 is 21.1 Å². The summed E-state index contributed by atoms with van der Waals surface area (Å²) in [7, 11) is 11.4. The van der Waals surface area contributed by atoms with Crippen LogP contribution in [0.2, 0.25) is 0 Å². The molecular formula is C28H30N4O2Pt. The van der Waals surface area contributed by atoms with Crippen LogP contribution in [0.25, 0.3) is 22.5 Å². The number of nitrogens with zero attached hydrogens (tertiary/aromatic N) is 4. The zero-order valence-electron chi connectivity index (χ0n) is 20.8. The first-order valence-corrected chi connectivity index (χ1v) is 10.8. The van der Waals surface area contributed by atoms with Crippen molar-refractivity contribution >= 4 is 11.4 Å². The van der Waals surface area contributed by atoms with E-state index in [1.54, 1.807) is 26.6 Å². The summed E-state index contributed by atoms with van der Waals surface area (Å²) in [6.45, 7) is 0. The van der Waals surface area contributed by atoms with Crippen LogP contribution in [-0.2, 0) is 21.1 Å². The molecule has 7 heteroatoms. The van der Waals surface area contributed by atoms with Gasteiger partial charge in [-0.05, 0) is 47.0 Å². The Morgan fingerprint density at radius 1 is 0.629 bits per heavy atom. The van der Waals surface area contributed by atoms with E-state index >= 15 is 0 Å². The molecule has 6 nitrogen and oxygen atoms in total. The molecule has 0 aliphatic carbocycles. The first-order valence-electron chi connectivity index (χ1n) is 10.8. The van der Waals surface area contributed by atoms with Gasteiger partial charge in [0.1, 0.15) is 11.5 Å². The van der Waals surface area contributed by atoms with Gasteiger partial charge in [0.25, 0.3) is 0 Å². The number of pyridine rings is 2. The summed E-state index contributed by atoms with van der Waals surface area (Å²) in [4.78, 5) is 12.8. The number of anilines is 2. The van der Waals surface area contributed by atoms with Crippen molar-refractivity contribution in [2.45, 2.75) is 0 Å². The molecule has 0 unspecified atom stereocenters. The maximum atomic E-state index is 5.19. The Kier molecular flexibility index (Phi) is 10.7. The van der Waals surface area contributed by atoms with Crippen LogP contribution in [0.5, 0.6) is 11.5 Å². The molecule has 0 aliphatic rings. The van der Waals surface area contributed by atoms with Crippen molar-refractivity contribution < 1.29 is 30.5 Å². The quantitative estimate of drug-likeness (QED) is 0.267. The number of rotatable bonds is 6. The Hall–Kier alpha value is -3.37. The molecule has 0 bridgehead atoms. The van der Waals surface area contributed by atoms with Crippen LogP contribution in [0.3, 0.4) is 0 Å². The minimum Gasteiger partial charge on any atom is -0.497 e. The first kappa shape index (κ1) is 27.9. The van der Waals surface area contributed by atoms with Crippen molar-refractivity contribution in [2.24, 2.45) is 0 Å². The first-order chi connectivity index (χ1) is 16.4. The van der Waals surface area contributed by atoms with Gasteiger partial charge in [-0.2, -0.15) is 0 Å². The molecule has 0 amide bonds. The Labute approximate surface area is 222 Å². The number of aromatic nitrogens is 2. The third kappa shape index (κ3) is 7.83. The largest absolute Gasteiger partial charge is 2.00 e. The number of benzene rings is 2. The smallest absolute Gasteiger partial charge is 0.497 e. The molecule has 2 aromatic heterocycles. The summed E-state index contributed by atoms with van der Waals surface area (Å²) < 4.78 is 10.4. The third-order valence-electron chi connectivity index (χ3n) is 5.09. The van der Waals surface area contributed by atoms with Gasteiger partial charge in [0, 0.05) is 40.6 Å². The summed E-state index contributed by atoms with van der Waals surface area (Å²) in [5.41, 5.74) is 5.93. The predicted octanol–water partition coefficient (Wildman–Crippen LogP) is 5.24. The second-order valence-corrected chi connectivity index (χ2v) is 7.87. The molecule has 0 radical (unpaired) electrons. The zero-order valence-corrected chi connectivity index (χ0v) is 23.1. The van der Waals surface area contributed by atoms with Gasteiger partial charge in [0.15, 0.2) is 0 Å². The molecular weight excluding hydrogens is 619 g/mol. The van der Waals surface area contributed by atoms with Crippen molar-refractivity contribution in [2.75, 3.05) is 52.2 Å². The molecule has 2 aromatic carbocycles. The Morgan fingerprint density at radius 2 is 1.03 bits per heavy atom. The van der Waals surface area contributed by atoms with Gasteiger partial charge < -0.3 is 29.2 Å². The fraction of sp³-hybridized carbons (Fsp3) is 0.214. The SMILES string of the molecule is COc1ccnc(-c2[c-]ccc(N(C)C)c2)c1.COc1ccnc(-c2[c-]ccc(N(C)C)c2)c1.[Pt+2]. The number of methoxy groups -OCH3 is 2. The van der Waals surface area contributed by atoms with E-state index < -0.39 is 0 Å². The number of hydrogen-bond donors (Lipinski definition) is 0. The van der Waals surface area contributed by atoms with Crippen LogP contribution in [0.1, 0.15) is 0 Å². The van der Waals surface area contributed by atoms with E-state index in [1.165, 1.54) is 0 Å². The molecule has 4 aromatic rings. The molecule has 184 valence electrons. The second kappa shape index (κ2) is 13.5. The van der Waals surface area contributed by atoms with Crippen molar-refractivity contribution in [1.29, 1.82) is 0 Å². The zero-order chi connectivity index (χ0) is 24.5. The number of ether oxygens (including phenoxy) is 2. The van der Waals surface area contributed by atoms with Crippen molar-refractivity contribution in [3.05, 3.63) is 85.2 Å². The van der Waals surface area contributed by atoms with Gasteiger partial charge in [0.05, 0.1) is 14.2 Å². The average Bonchev–Trinajstić information content (AvgIpc) is 2.89. The fourth-order valence-electron chi connectivity index (χ4n) is 3.13. The van der Waals surface area contributed by atoms with E-state index in [4.69, 9.17) is 9.47 Å². The van der Waals surface area contributed by atoms with E-state index in [0.29, 0.717) is 0 Å². The van der Waals surface area contributed by atoms with Crippen LogP contribution in [-0.4, -0.2) is 52.4 Å². The van der Waals surface area contributed by atoms with Crippen molar-refractivity contribution in [3.63, 3.8) is 0 Å². The monoisotopic (exact) mass is 649 g/mol. The summed E-state index contributed by atoms with van der Waals surface area (Å²) in [5, 5.41) is 0. The molecule has 4 rings (SSSR count). The minimum atomic E-state index is 0. The van der Waals surface area contributed by atoms with Crippen LogP contribution in [0.4, 0.5) is 11.4 Å². The maximum Gasteiger partial charge on any atom is 2.00 e. The van der Waals surface area contributed by atoms with Gasteiger partial charge in [-0.3, -0.25) is 0 Å². The molecule has 0 spiro atoms. The van der Waals surface area contributed by atoms with E-state index in [1.807, 2.05) is 76.7 Å². The van der Waals surface area contributed by atoms with Crippen LogP contribution in [0, 0.1) is 12.1 Å². The standard InChI is InChI=1S/2C14H15N2O.Pt/c2*1-16(2)12-6-4-5-11(9-12)14-10-13(17-3)7-8-15-14;/h2*4,6-10H,1-3H3;/q2*-1;+2. The average molecular weight is 650 g/mol. The Balaban J connectivity index is 0.000000240. The van der Waals surface area contributed by atoms with Crippen LogP contribution in [0.15, 0.2) is 73.1 Å². The Bertz CT molecular complexity index is 1120. The second-order valence-electron chi connectivity index (χ2n) is 7.87. The molecule has 0 atom stereocenters. The van der Waals surface area contributed by atoms with Crippen molar-refractivity contribution in [3.8, 4) is 34.0 Å². The Morgan fingerprint density at radius 3 is 1.37 bits per heavy atom. The van der Waals surface area contributed by atoms with Gasteiger partial charge in [-0.25, -0.2) is 0 Å². The summed E-state index contributed by atoms with van der Waals surface area (Å²) in [6, 6.07) is 25.8. The van der Waals surface area contributed by atoms with Gasteiger partial charge in [-0.15, -0.1) is 59.7 Å².